The lowest BCUT2D eigenvalue weighted by Gasteiger charge is -2.09. The molecule has 0 saturated heterocycles. The minimum absolute atomic E-state index is 0.103. The van der Waals surface area contributed by atoms with Crippen LogP contribution in [-0.2, 0) is 11.3 Å². The monoisotopic (exact) mass is 379 g/mol. The first-order valence-corrected chi connectivity index (χ1v) is 8.74. The molecule has 1 heterocycles. The topological polar surface area (TPSA) is 98.1 Å². The van der Waals surface area contributed by atoms with Crippen LogP contribution in [0.25, 0.3) is 0 Å². The van der Waals surface area contributed by atoms with E-state index in [2.05, 4.69) is 21.2 Å². The van der Waals surface area contributed by atoms with Gasteiger partial charge >= 0.3 is 0 Å². The summed E-state index contributed by atoms with van der Waals surface area (Å²) >= 11 is 0. The van der Waals surface area contributed by atoms with Crippen molar-refractivity contribution in [2.24, 2.45) is 0 Å². The first kappa shape index (κ1) is 19.1. The van der Waals surface area contributed by atoms with Crippen LogP contribution in [0.5, 0.6) is 5.75 Å². The summed E-state index contributed by atoms with van der Waals surface area (Å²) in [6.07, 6.45) is 1.51. The van der Waals surface area contributed by atoms with E-state index in [1.54, 1.807) is 4.68 Å². The summed E-state index contributed by atoms with van der Waals surface area (Å²) in [7, 11) is 0. The van der Waals surface area contributed by atoms with E-state index in [9.17, 15) is 9.59 Å². The van der Waals surface area contributed by atoms with Gasteiger partial charge in [0, 0.05) is 0 Å². The Morgan fingerprint density at radius 1 is 1.04 bits per heavy atom. The summed E-state index contributed by atoms with van der Waals surface area (Å²) < 4.78 is 6.99. The second-order valence-electron chi connectivity index (χ2n) is 6.40. The fourth-order valence-corrected chi connectivity index (χ4v) is 2.64. The highest BCUT2D eigenvalue weighted by Gasteiger charge is 2.12. The maximum atomic E-state index is 12.1. The molecule has 0 bridgehead atoms. The quantitative estimate of drug-likeness (QED) is 0.636. The second-order valence-corrected chi connectivity index (χ2v) is 6.40. The maximum absolute atomic E-state index is 12.1. The molecular weight excluding hydrogens is 358 g/mol. The van der Waals surface area contributed by atoms with Gasteiger partial charge in [0.05, 0.1) is 12.7 Å². The minimum atomic E-state index is -0.556. The van der Waals surface area contributed by atoms with Gasteiger partial charge in [-0.3, -0.25) is 20.4 Å². The second kappa shape index (κ2) is 8.81. The van der Waals surface area contributed by atoms with Crippen molar-refractivity contribution in [3.05, 3.63) is 77.1 Å². The molecule has 3 aromatic rings. The van der Waals surface area contributed by atoms with Crippen molar-refractivity contribution in [3.63, 3.8) is 0 Å². The number of aromatic nitrogens is 3. The molecule has 0 spiro atoms. The van der Waals surface area contributed by atoms with E-state index in [1.165, 1.54) is 6.20 Å². The Hall–Kier alpha value is -3.68. The van der Waals surface area contributed by atoms with Crippen LogP contribution < -0.4 is 15.6 Å². The third-order valence-electron chi connectivity index (χ3n) is 3.84. The highest BCUT2D eigenvalue weighted by Crippen LogP contribution is 2.15. The van der Waals surface area contributed by atoms with Crippen molar-refractivity contribution in [3.8, 4) is 5.75 Å². The highest BCUT2D eigenvalue weighted by atomic mass is 16.5. The molecule has 0 fully saturated rings. The highest BCUT2D eigenvalue weighted by molar-refractivity contribution is 5.93. The van der Waals surface area contributed by atoms with Gasteiger partial charge in [0.2, 0.25) is 0 Å². The summed E-state index contributed by atoms with van der Waals surface area (Å²) in [6, 6.07) is 15.4. The van der Waals surface area contributed by atoms with E-state index in [0.717, 1.165) is 16.7 Å². The fraction of sp³-hybridized carbons (Fsp3) is 0.200. The van der Waals surface area contributed by atoms with Gasteiger partial charge in [-0.1, -0.05) is 41.6 Å². The van der Waals surface area contributed by atoms with Crippen LogP contribution in [0, 0.1) is 13.8 Å². The molecule has 0 saturated carbocycles. The SMILES string of the molecule is Cc1cc(C)cc(OCC(=O)NNC(=O)c2cn(Cc3ccccc3)nn2)c1. The Morgan fingerprint density at radius 2 is 1.75 bits per heavy atom. The summed E-state index contributed by atoms with van der Waals surface area (Å²) in [6.45, 7) is 4.18. The Morgan fingerprint density at radius 3 is 2.46 bits per heavy atom. The summed E-state index contributed by atoms with van der Waals surface area (Å²) in [5, 5.41) is 7.74. The number of hydrogen-bond donors (Lipinski definition) is 2. The van der Waals surface area contributed by atoms with Crippen molar-refractivity contribution >= 4 is 11.8 Å². The van der Waals surface area contributed by atoms with Gasteiger partial charge in [0.15, 0.2) is 12.3 Å². The first-order chi connectivity index (χ1) is 13.5. The Balaban J connectivity index is 1.46. The Bertz CT molecular complexity index is 949. The van der Waals surface area contributed by atoms with Crippen LogP contribution in [-0.4, -0.2) is 33.4 Å². The number of carbonyl (C=O) groups excluding carboxylic acids is 2. The average Bonchev–Trinajstić information content (AvgIpc) is 3.13. The van der Waals surface area contributed by atoms with Gasteiger partial charge in [0.25, 0.3) is 11.8 Å². The Kier molecular flexibility index (Phi) is 6.01. The number of aryl methyl sites for hydroxylation is 2. The third-order valence-corrected chi connectivity index (χ3v) is 3.84. The number of benzene rings is 2. The average molecular weight is 379 g/mol. The number of nitrogens with zero attached hydrogens (tertiary/aromatic N) is 3. The van der Waals surface area contributed by atoms with E-state index in [0.29, 0.717) is 12.3 Å². The van der Waals surface area contributed by atoms with Crippen molar-refractivity contribution in [1.29, 1.82) is 0 Å². The number of hydrazine groups is 1. The predicted molar refractivity (Wildman–Crippen MR) is 103 cm³/mol. The third kappa shape index (κ3) is 5.41. The van der Waals surface area contributed by atoms with E-state index in [1.807, 2.05) is 62.4 Å². The summed E-state index contributed by atoms with van der Waals surface area (Å²) in [5.74, 6) is -0.439. The van der Waals surface area contributed by atoms with Gasteiger partial charge in [-0.05, 0) is 42.7 Å². The lowest BCUT2D eigenvalue weighted by atomic mass is 10.1. The van der Waals surface area contributed by atoms with E-state index in [-0.39, 0.29) is 12.3 Å². The van der Waals surface area contributed by atoms with E-state index >= 15 is 0 Å². The predicted octanol–water partition coefficient (Wildman–Crippen LogP) is 1.78. The van der Waals surface area contributed by atoms with Crippen LogP contribution in [0.2, 0.25) is 0 Å². The van der Waals surface area contributed by atoms with E-state index < -0.39 is 11.8 Å². The molecule has 2 N–H and O–H groups in total. The molecule has 144 valence electrons. The van der Waals surface area contributed by atoms with Gasteiger partial charge in [-0.2, -0.15) is 0 Å². The summed E-state index contributed by atoms with van der Waals surface area (Å²) in [5.41, 5.74) is 7.83. The molecule has 0 aliphatic heterocycles. The molecule has 28 heavy (non-hydrogen) atoms. The lowest BCUT2D eigenvalue weighted by molar-refractivity contribution is -0.123. The van der Waals surface area contributed by atoms with Gasteiger partial charge < -0.3 is 4.74 Å². The molecule has 0 aliphatic rings. The van der Waals surface area contributed by atoms with Crippen LogP contribution in [0.3, 0.4) is 0 Å². The molecule has 8 nitrogen and oxygen atoms in total. The number of carbonyl (C=O) groups is 2. The zero-order valence-corrected chi connectivity index (χ0v) is 15.7. The largest absolute Gasteiger partial charge is 0.484 e. The zero-order chi connectivity index (χ0) is 19.9. The fourth-order valence-electron chi connectivity index (χ4n) is 2.64. The van der Waals surface area contributed by atoms with Crippen LogP contribution in [0.1, 0.15) is 27.2 Å². The van der Waals surface area contributed by atoms with Crippen molar-refractivity contribution in [2.75, 3.05) is 6.61 Å². The normalized spacial score (nSPS) is 10.4. The van der Waals surface area contributed by atoms with Gasteiger partial charge in [0.1, 0.15) is 5.75 Å². The number of amides is 2. The van der Waals surface area contributed by atoms with Crippen LogP contribution in [0.15, 0.2) is 54.7 Å². The number of ether oxygens (including phenoxy) is 1. The molecule has 1 aromatic heterocycles. The van der Waals surface area contributed by atoms with E-state index in [4.69, 9.17) is 4.74 Å². The smallest absolute Gasteiger partial charge is 0.291 e. The molecule has 2 amide bonds. The molecule has 3 rings (SSSR count). The molecular formula is C20H21N5O3. The Labute approximate surface area is 162 Å². The van der Waals surface area contributed by atoms with Crippen molar-refractivity contribution < 1.29 is 14.3 Å². The van der Waals surface area contributed by atoms with Crippen molar-refractivity contribution in [2.45, 2.75) is 20.4 Å². The first-order valence-electron chi connectivity index (χ1n) is 8.74. The number of nitrogens with one attached hydrogen (secondary N) is 2. The van der Waals surface area contributed by atoms with Crippen LogP contribution in [0.4, 0.5) is 0 Å². The molecule has 8 heteroatoms. The molecule has 0 aliphatic carbocycles. The molecule has 0 atom stereocenters. The van der Waals surface area contributed by atoms with Crippen molar-refractivity contribution in [1.82, 2.24) is 25.8 Å². The van der Waals surface area contributed by atoms with Crippen LogP contribution >= 0.6 is 0 Å². The standard InChI is InChI=1S/C20H21N5O3/c1-14-8-15(2)10-17(9-14)28-13-19(26)22-23-20(27)18-12-25(24-21-18)11-16-6-4-3-5-7-16/h3-10,12H,11,13H2,1-2H3,(H,22,26)(H,23,27). The number of hydrogen-bond acceptors (Lipinski definition) is 5. The summed E-state index contributed by atoms with van der Waals surface area (Å²) in [4.78, 5) is 24.0. The maximum Gasteiger partial charge on any atom is 0.291 e. The van der Waals surface area contributed by atoms with Gasteiger partial charge in [-0.15, -0.1) is 5.10 Å². The zero-order valence-electron chi connectivity index (χ0n) is 15.7. The molecule has 2 aromatic carbocycles. The number of rotatable bonds is 6. The lowest BCUT2D eigenvalue weighted by Crippen LogP contribution is -2.44. The van der Waals surface area contributed by atoms with Gasteiger partial charge in [-0.25, -0.2) is 4.68 Å². The molecule has 0 radical (unpaired) electrons. The minimum Gasteiger partial charge on any atom is -0.484 e. The molecule has 0 unspecified atom stereocenters.